The summed E-state index contributed by atoms with van der Waals surface area (Å²) >= 11 is 0. The van der Waals surface area contributed by atoms with Crippen LogP contribution in [0.3, 0.4) is 0 Å². The lowest BCUT2D eigenvalue weighted by molar-refractivity contribution is -0.123. The molecule has 0 aliphatic rings. The zero-order chi connectivity index (χ0) is 28.8. The van der Waals surface area contributed by atoms with Gasteiger partial charge in [-0.15, -0.1) is 0 Å². The summed E-state index contributed by atoms with van der Waals surface area (Å²) in [7, 11) is -1.81. The molecule has 3 amide bonds. The van der Waals surface area contributed by atoms with Crippen LogP contribution in [-0.2, 0) is 16.0 Å². The van der Waals surface area contributed by atoms with Gasteiger partial charge < -0.3 is 26.0 Å². The van der Waals surface area contributed by atoms with Crippen LogP contribution in [0.5, 0.6) is 0 Å². The minimum atomic E-state index is -1.81. The lowest BCUT2D eigenvalue weighted by Gasteiger charge is -2.23. The number of allylic oxidation sites excluding steroid dienone is 1. The summed E-state index contributed by atoms with van der Waals surface area (Å²) in [4.78, 5) is 42.4. The van der Waals surface area contributed by atoms with Gasteiger partial charge in [-0.25, -0.2) is 0 Å². The molecule has 39 heavy (non-hydrogen) atoms. The molecule has 0 saturated heterocycles. The summed E-state index contributed by atoms with van der Waals surface area (Å²) in [6.45, 7) is 5.79. The Labute approximate surface area is 229 Å². The highest BCUT2D eigenvalue weighted by Crippen LogP contribution is 2.10. The molecule has 5 N–H and O–H groups in total. The van der Waals surface area contributed by atoms with Crippen molar-refractivity contribution in [3.63, 3.8) is 0 Å². The highest BCUT2D eigenvalue weighted by Gasteiger charge is 2.30. The van der Waals surface area contributed by atoms with Gasteiger partial charge in [0.1, 0.15) is 17.7 Å². The summed E-state index contributed by atoms with van der Waals surface area (Å²) in [5, 5.41) is 37.1. The van der Waals surface area contributed by atoms with Crippen LogP contribution in [-0.4, -0.2) is 58.4 Å². The van der Waals surface area contributed by atoms with Gasteiger partial charge in [0, 0.05) is 18.9 Å². The molecule has 1 heterocycles. The van der Waals surface area contributed by atoms with Gasteiger partial charge in [0.15, 0.2) is 0 Å². The Kier molecular flexibility index (Phi) is 12.9. The van der Waals surface area contributed by atoms with E-state index in [1.165, 1.54) is 6.20 Å². The van der Waals surface area contributed by atoms with E-state index in [-0.39, 0.29) is 30.9 Å². The molecular weight excluding hydrogens is 497 g/mol. The number of unbranched alkanes of at least 4 members (excludes halogenated alkanes) is 1. The molecule has 1 aromatic heterocycles. The second-order valence-corrected chi connectivity index (χ2v) is 9.62. The average molecular weight is 533 g/mol. The van der Waals surface area contributed by atoms with Crippen LogP contribution in [0.15, 0.2) is 60.4 Å². The molecule has 0 fully saturated rings. The van der Waals surface area contributed by atoms with Crippen molar-refractivity contribution in [3.05, 3.63) is 77.1 Å². The van der Waals surface area contributed by atoms with Crippen molar-refractivity contribution >= 4 is 24.8 Å². The van der Waals surface area contributed by atoms with E-state index in [4.69, 9.17) is 0 Å². The summed E-state index contributed by atoms with van der Waals surface area (Å²) in [5.41, 5.74) is 1.88. The number of aryl methyl sites for hydroxylation is 1. The average Bonchev–Trinajstić information content (AvgIpc) is 2.90. The first-order chi connectivity index (χ1) is 18.6. The number of hydrogen-bond acceptors (Lipinski definition) is 7. The third-order valence-electron chi connectivity index (χ3n) is 5.96. The minimum Gasteiger partial charge on any atom is -0.426 e. The number of nitriles is 1. The number of pyridine rings is 1. The number of carbonyl (C=O) groups excluding carboxylic acids is 3. The maximum Gasteiger partial charge on any atom is 0.475 e. The summed E-state index contributed by atoms with van der Waals surface area (Å²) in [5.74, 6) is -2.43. The fraction of sp³-hybridized carbons (Fsp3) is 0.393. The fourth-order valence-corrected chi connectivity index (χ4v) is 3.86. The summed E-state index contributed by atoms with van der Waals surface area (Å²) in [6.07, 6.45) is 5.95. The van der Waals surface area contributed by atoms with Gasteiger partial charge in [-0.3, -0.25) is 19.4 Å². The van der Waals surface area contributed by atoms with Gasteiger partial charge in [-0.2, -0.15) is 5.26 Å². The molecule has 10 nitrogen and oxygen atoms in total. The fourth-order valence-electron chi connectivity index (χ4n) is 3.86. The zero-order valence-electron chi connectivity index (χ0n) is 22.6. The standard InChI is InChI=1S/C28H36BN5O5/c1-19(2)15-22(17-30)26(35)32-13-8-7-11-24(33-27(36)23-18-31-14-12-20(23)3)28(37)34-25(29(38)39)16-21-9-5-4-6-10-21/h4-6,9-10,12,14-15,18-19,24-25,38-39H,7-8,11,13,16H2,1-3H3,(H,32,35)(H,33,36)(H,34,37). The van der Waals surface area contributed by atoms with Crippen LogP contribution in [0.1, 0.15) is 54.6 Å². The number of aromatic nitrogens is 1. The van der Waals surface area contributed by atoms with E-state index in [0.717, 1.165) is 5.56 Å². The first kappa shape index (κ1) is 31.2. The molecule has 1 aromatic carbocycles. The van der Waals surface area contributed by atoms with Crippen LogP contribution in [0, 0.1) is 24.2 Å². The quantitative estimate of drug-likeness (QED) is 0.107. The Balaban J connectivity index is 2.06. The van der Waals surface area contributed by atoms with Crippen molar-refractivity contribution < 1.29 is 24.4 Å². The molecule has 0 bridgehead atoms. The Hall–Kier alpha value is -4.01. The molecule has 0 spiro atoms. The minimum absolute atomic E-state index is 0.0494. The van der Waals surface area contributed by atoms with Crippen molar-refractivity contribution in [2.75, 3.05) is 6.54 Å². The van der Waals surface area contributed by atoms with Gasteiger partial charge in [-0.1, -0.05) is 50.3 Å². The largest absolute Gasteiger partial charge is 0.475 e. The Morgan fingerprint density at radius 2 is 1.82 bits per heavy atom. The highest BCUT2D eigenvalue weighted by molar-refractivity contribution is 6.43. The van der Waals surface area contributed by atoms with Crippen LogP contribution in [0.25, 0.3) is 0 Å². The number of hydrogen-bond donors (Lipinski definition) is 5. The molecule has 0 aliphatic heterocycles. The van der Waals surface area contributed by atoms with E-state index in [9.17, 15) is 29.7 Å². The topological polar surface area (TPSA) is 164 Å². The number of nitrogens with zero attached hydrogens (tertiary/aromatic N) is 2. The molecule has 0 radical (unpaired) electrons. The lowest BCUT2D eigenvalue weighted by Crippen LogP contribution is -2.54. The highest BCUT2D eigenvalue weighted by atomic mass is 16.4. The molecule has 11 heteroatoms. The normalized spacial score (nSPS) is 12.7. The van der Waals surface area contributed by atoms with Crippen molar-refractivity contribution in [1.82, 2.24) is 20.9 Å². The third kappa shape index (κ3) is 10.7. The number of carbonyl (C=O) groups is 3. The Morgan fingerprint density at radius 3 is 2.44 bits per heavy atom. The Bertz CT molecular complexity index is 1180. The zero-order valence-corrected chi connectivity index (χ0v) is 22.6. The molecule has 2 rings (SSSR count). The maximum atomic E-state index is 13.2. The van der Waals surface area contributed by atoms with Gasteiger partial charge >= 0.3 is 7.12 Å². The van der Waals surface area contributed by atoms with Crippen molar-refractivity contribution in [3.8, 4) is 6.07 Å². The van der Waals surface area contributed by atoms with Crippen molar-refractivity contribution in [2.24, 2.45) is 5.92 Å². The predicted molar refractivity (Wildman–Crippen MR) is 148 cm³/mol. The Morgan fingerprint density at radius 1 is 1.10 bits per heavy atom. The molecule has 2 aromatic rings. The van der Waals surface area contributed by atoms with E-state index in [1.807, 2.05) is 50.2 Å². The van der Waals surface area contributed by atoms with Crippen LogP contribution in [0.2, 0.25) is 0 Å². The summed E-state index contributed by atoms with van der Waals surface area (Å²) < 4.78 is 0. The van der Waals surface area contributed by atoms with Gasteiger partial charge in [-0.05, 0) is 55.7 Å². The van der Waals surface area contributed by atoms with E-state index in [2.05, 4.69) is 20.9 Å². The molecular formula is C28H36BN5O5. The number of benzene rings is 1. The van der Waals surface area contributed by atoms with E-state index >= 15 is 0 Å². The van der Waals surface area contributed by atoms with Gasteiger partial charge in [0.05, 0.1) is 11.5 Å². The van der Waals surface area contributed by atoms with Crippen LogP contribution >= 0.6 is 0 Å². The van der Waals surface area contributed by atoms with Crippen molar-refractivity contribution in [2.45, 2.75) is 58.4 Å². The van der Waals surface area contributed by atoms with Gasteiger partial charge in [0.2, 0.25) is 5.91 Å². The maximum absolute atomic E-state index is 13.2. The SMILES string of the molecule is Cc1ccncc1C(=O)NC(CCCCNC(=O)C(C#N)=CC(C)C)C(=O)NC(Cc1ccccc1)B(O)O. The monoisotopic (exact) mass is 533 g/mol. The van der Waals surface area contributed by atoms with E-state index in [0.29, 0.717) is 24.0 Å². The molecule has 0 saturated carbocycles. The second kappa shape index (κ2) is 16.1. The number of nitrogens with one attached hydrogen (secondary N) is 3. The molecule has 206 valence electrons. The van der Waals surface area contributed by atoms with Crippen molar-refractivity contribution in [1.29, 1.82) is 5.26 Å². The smallest absolute Gasteiger partial charge is 0.426 e. The molecule has 2 unspecified atom stereocenters. The van der Waals surface area contributed by atoms with Crippen LogP contribution in [0.4, 0.5) is 0 Å². The number of amides is 3. The second-order valence-electron chi connectivity index (χ2n) is 9.62. The molecule has 0 aliphatic carbocycles. The third-order valence-corrected chi connectivity index (χ3v) is 5.96. The van der Waals surface area contributed by atoms with E-state index < -0.39 is 36.8 Å². The van der Waals surface area contributed by atoms with E-state index in [1.54, 1.807) is 25.3 Å². The van der Waals surface area contributed by atoms with Crippen LogP contribution < -0.4 is 16.0 Å². The van der Waals surface area contributed by atoms with Gasteiger partial charge in [0.25, 0.3) is 11.8 Å². The number of rotatable bonds is 14. The molecule has 2 atom stereocenters. The lowest BCUT2D eigenvalue weighted by atomic mass is 9.75. The first-order valence-electron chi connectivity index (χ1n) is 12.9. The first-order valence-corrected chi connectivity index (χ1v) is 12.9. The summed E-state index contributed by atoms with van der Waals surface area (Å²) in [6, 6.07) is 11.7. The predicted octanol–water partition coefficient (Wildman–Crippen LogP) is 1.62.